The lowest BCUT2D eigenvalue weighted by molar-refractivity contribution is -0.140. The molecule has 0 bridgehead atoms. The molecule has 0 atom stereocenters. The van der Waals surface area contributed by atoms with Gasteiger partial charge in [-0.3, -0.25) is 4.79 Å². The lowest BCUT2D eigenvalue weighted by Crippen LogP contribution is -2.36. The third-order valence-corrected chi connectivity index (χ3v) is 3.27. The number of alkyl halides is 3. The summed E-state index contributed by atoms with van der Waals surface area (Å²) in [5.74, 6) is -2.31. The zero-order valence-corrected chi connectivity index (χ0v) is 12.8. The molecule has 0 saturated carbocycles. The monoisotopic (exact) mass is 353 g/mol. The molecule has 0 aliphatic rings. The number of carbonyl (C=O) groups excluding carboxylic acids is 2. The molecule has 0 saturated heterocycles. The Morgan fingerprint density at radius 1 is 1.26 bits per heavy atom. The van der Waals surface area contributed by atoms with Crippen LogP contribution in [-0.4, -0.2) is 45.9 Å². The second kappa shape index (κ2) is 7.44. The van der Waals surface area contributed by atoms with Gasteiger partial charge >= 0.3 is 12.1 Å². The standard InChI is InChI=1S/C13H14F3NO5S/c1-23(20,21)7-9-3-2-4-10(5-9)12(19)22-6-11(18)17-8-13(14,15)16/h2-5H,6-8H2,1H3,(H,17,18). The van der Waals surface area contributed by atoms with Crippen molar-refractivity contribution in [3.05, 3.63) is 35.4 Å². The first-order valence-corrected chi connectivity index (χ1v) is 8.29. The number of halogens is 3. The Labute approximate surface area is 130 Å². The van der Waals surface area contributed by atoms with Crippen molar-refractivity contribution in [3.8, 4) is 0 Å². The number of amides is 1. The summed E-state index contributed by atoms with van der Waals surface area (Å²) < 4.78 is 62.6. The van der Waals surface area contributed by atoms with E-state index in [0.29, 0.717) is 5.56 Å². The molecule has 0 heterocycles. The lowest BCUT2D eigenvalue weighted by Gasteiger charge is -2.09. The molecule has 1 aromatic carbocycles. The lowest BCUT2D eigenvalue weighted by atomic mass is 10.1. The molecule has 1 rings (SSSR count). The van der Waals surface area contributed by atoms with E-state index in [1.54, 1.807) is 5.32 Å². The van der Waals surface area contributed by atoms with Gasteiger partial charge in [-0.05, 0) is 17.7 Å². The Balaban J connectivity index is 2.58. The van der Waals surface area contributed by atoms with Gasteiger partial charge in [0, 0.05) is 6.26 Å². The SMILES string of the molecule is CS(=O)(=O)Cc1cccc(C(=O)OCC(=O)NCC(F)(F)F)c1. The van der Waals surface area contributed by atoms with E-state index in [0.717, 1.165) is 6.26 Å². The first kappa shape index (κ1) is 18.9. The fourth-order valence-corrected chi connectivity index (χ4v) is 2.34. The van der Waals surface area contributed by atoms with E-state index >= 15 is 0 Å². The van der Waals surface area contributed by atoms with Crippen LogP contribution >= 0.6 is 0 Å². The number of hydrogen-bond acceptors (Lipinski definition) is 5. The number of rotatable bonds is 6. The zero-order valence-electron chi connectivity index (χ0n) is 12.0. The summed E-state index contributed by atoms with van der Waals surface area (Å²) in [7, 11) is -3.29. The second-order valence-corrected chi connectivity index (χ2v) is 6.88. The van der Waals surface area contributed by atoms with Crippen molar-refractivity contribution in [2.24, 2.45) is 0 Å². The summed E-state index contributed by atoms with van der Waals surface area (Å²) in [6.07, 6.45) is -3.53. The Hall–Kier alpha value is -2.10. The average molecular weight is 353 g/mol. The number of benzene rings is 1. The van der Waals surface area contributed by atoms with Crippen LogP contribution in [0.5, 0.6) is 0 Å². The van der Waals surface area contributed by atoms with E-state index in [-0.39, 0.29) is 11.3 Å². The summed E-state index contributed by atoms with van der Waals surface area (Å²) in [5.41, 5.74) is 0.346. The van der Waals surface area contributed by atoms with Crippen LogP contribution in [0.4, 0.5) is 13.2 Å². The van der Waals surface area contributed by atoms with E-state index in [4.69, 9.17) is 0 Å². The fourth-order valence-electron chi connectivity index (χ4n) is 1.56. The van der Waals surface area contributed by atoms with Gasteiger partial charge in [-0.1, -0.05) is 12.1 Å². The molecule has 0 fully saturated rings. The summed E-state index contributed by atoms with van der Waals surface area (Å²) in [6.45, 7) is -2.39. The molecule has 0 radical (unpaired) electrons. The van der Waals surface area contributed by atoms with Crippen LogP contribution in [0.15, 0.2) is 24.3 Å². The summed E-state index contributed by atoms with van der Waals surface area (Å²) in [6, 6.07) is 5.54. The minimum atomic E-state index is -4.56. The maximum Gasteiger partial charge on any atom is 0.405 e. The molecule has 1 N–H and O–H groups in total. The zero-order chi connectivity index (χ0) is 17.7. The van der Waals surface area contributed by atoms with Gasteiger partial charge < -0.3 is 10.1 Å². The molecule has 0 aliphatic heterocycles. The van der Waals surface area contributed by atoms with Crippen LogP contribution in [0.2, 0.25) is 0 Å². The van der Waals surface area contributed by atoms with Crippen molar-refractivity contribution >= 4 is 21.7 Å². The Morgan fingerprint density at radius 2 is 1.91 bits per heavy atom. The minimum absolute atomic E-state index is 0.00484. The highest BCUT2D eigenvalue weighted by molar-refractivity contribution is 7.89. The molecule has 0 aromatic heterocycles. The van der Waals surface area contributed by atoms with Crippen LogP contribution in [0.3, 0.4) is 0 Å². The molecule has 0 spiro atoms. The molecule has 0 unspecified atom stereocenters. The van der Waals surface area contributed by atoms with Gasteiger partial charge in [-0.15, -0.1) is 0 Å². The third kappa shape index (κ3) is 8.19. The van der Waals surface area contributed by atoms with Gasteiger partial charge in [0.2, 0.25) is 0 Å². The molecule has 0 aliphatic carbocycles. The Kier molecular flexibility index (Phi) is 6.13. The number of nitrogens with one attached hydrogen (secondary N) is 1. The van der Waals surface area contributed by atoms with Gasteiger partial charge in [0.25, 0.3) is 5.91 Å². The number of esters is 1. The summed E-state index contributed by atoms with van der Waals surface area (Å²) >= 11 is 0. The van der Waals surface area contributed by atoms with Crippen LogP contribution in [0.25, 0.3) is 0 Å². The van der Waals surface area contributed by atoms with Crippen molar-refractivity contribution < 1.29 is 35.9 Å². The van der Waals surface area contributed by atoms with E-state index < -0.39 is 41.0 Å². The molecule has 10 heteroatoms. The normalized spacial score (nSPS) is 11.8. The summed E-state index contributed by atoms with van der Waals surface area (Å²) in [5, 5.41) is 1.55. The molecule has 6 nitrogen and oxygen atoms in total. The van der Waals surface area contributed by atoms with Gasteiger partial charge in [0.15, 0.2) is 16.4 Å². The average Bonchev–Trinajstić information content (AvgIpc) is 2.40. The van der Waals surface area contributed by atoms with Gasteiger partial charge in [0.1, 0.15) is 6.54 Å². The Bertz CT molecular complexity index is 685. The molecular weight excluding hydrogens is 339 g/mol. The topological polar surface area (TPSA) is 89.5 Å². The van der Waals surface area contributed by atoms with Crippen molar-refractivity contribution in [2.75, 3.05) is 19.4 Å². The molecular formula is C13H14F3NO5S. The molecule has 128 valence electrons. The number of sulfone groups is 1. The Morgan fingerprint density at radius 3 is 2.48 bits per heavy atom. The van der Waals surface area contributed by atoms with Crippen molar-refractivity contribution in [2.45, 2.75) is 11.9 Å². The highest BCUT2D eigenvalue weighted by Crippen LogP contribution is 2.12. The summed E-state index contributed by atoms with van der Waals surface area (Å²) in [4.78, 5) is 22.8. The molecule has 1 amide bonds. The maximum atomic E-state index is 11.9. The van der Waals surface area contributed by atoms with E-state index in [2.05, 4.69) is 4.74 Å². The smallest absolute Gasteiger partial charge is 0.405 e. The quantitative estimate of drug-likeness (QED) is 0.773. The predicted octanol–water partition coefficient (Wildman–Crippen LogP) is 1.07. The maximum absolute atomic E-state index is 11.9. The number of hydrogen-bond donors (Lipinski definition) is 1. The van der Waals surface area contributed by atoms with Crippen LogP contribution in [0.1, 0.15) is 15.9 Å². The van der Waals surface area contributed by atoms with Crippen LogP contribution in [-0.2, 0) is 25.1 Å². The molecule has 1 aromatic rings. The predicted molar refractivity (Wildman–Crippen MR) is 74.3 cm³/mol. The second-order valence-electron chi connectivity index (χ2n) is 4.74. The number of ether oxygens (including phenoxy) is 1. The van der Waals surface area contributed by atoms with Gasteiger partial charge in [0.05, 0.1) is 11.3 Å². The van der Waals surface area contributed by atoms with Gasteiger partial charge in [-0.25, -0.2) is 13.2 Å². The van der Waals surface area contributed by atoms with Crippen LogP contribution < -0.4 is 5.32 Å². The van der Waals surface area contributed by atoms with Crippen molar-refractivity contribution in [1.82, 2.24) is 5.32 Å². The van der Waals surface area contributed by atoms with E-state index in [9.17, 15) is 31.2 Å². The fraction of sp³-hybridized carbons (Fsp3) is 0.385. The first-order chi connectivity index (χ1) is 10.5. The minimum Gasteiger partial charge on any atom is -0.452 e. The van der Waals surface area contributed by atoms with E-state index in [1.165, 1.54) is 24.3 Å². The first-order valence-electron chi connectivity index (χ1n) is 6.23. The highest BCUT2D eigenvalue weighted by Gasteiger charge is 2.27. The van der Waals surface area contributed by atoms with Crippen molar-refractivity contribution in [1.29, 1.82) is 0 Å². The molecule has 23 heavy (non-hydrogen) atoms. The van der Waals surface area contributed by atoms with Gasteiger partial charge in [-0.2, -0.15) is 13.2 Å². The van der Waals surface area contributed by atoms with Crippen LogP contribution in [0, 0.1) is 0 Å². The van der Waals surface area contributed by atoms with E-state index in [1.807, 2.05) is 0 Å². The van der Waals surface area contributed by atoms with Crippen molar-refractivity contribution in [3.63, 3.8) is 0 Å². The largest absolute Gasteiger partial charge is 0.452 e. The third-order valence-electron chi connectivity index (χ3n) is 2.41. The number of carbonyl (C=O) groups is 2. The highest BCUT2D eigenvalue weighted by atomic mass is 32.2.